The minimum atomic E-state index is -0.386. The van der Waals surface area contributed by atoms with E-state index in [0.717, 1.165) is 25.6 Å². The lowest BCUT2D eigenvalue weighted by Crippen LogP contribution is -2.43. The first-order chi connectivity index (χ1) is 8.70. The normalized spacial score (nSPS) is 24.2. The summed E-state index contributed by atoms with van der Waals surface area (Å²) < 4.78 is 32.2. The molecule has 0 aromatic heterocycles. The Kier molecular flexibility index (Phi) is 4.66. The maximum Gasteiger partial charge on any atom is 0.126 e. The fourth-order valence-corrected chi connectivity index (χ4v) is 2.51. The molecule has 1 aromatic carbocycles. The van der Waals surface area contributed by atoms with Gasteiger partial charge in [-0.25, -0.2) is 8.78 Å². The maximum absolute atomic E-state index is 13.6. The highest BCUT2D eigenvalue weighted by Crippen LogP contribution is 2.22. The first-order valence-corrected chi connectivity index (χ1v) is 6.45. The summed E-state index contributed by atoms with van der Waals surface area (Å²) in [5.41, 5.74) is 0.438. The van der Waals surface area contributed by atoms with E-state index in [1.165, 1.54) is 12.1 Å². The molecule has 4 heteroatoms. The molecule has 0 saturated carbocycles. The fourth-order valence-electron chi connectivity index (χ4n) is 2.51. The van der Waals surface area contributed by atoms with E-state index in [0.29, 0.717) is 24.6 Å². The first-order valence-electron chi connectivity index (χ1n) is 6.45. The van der Waals surface area contributed by atoms with E-state index in [9.17, 15) is 8.78 Å². The van der Waals surface area contributed by atoms with Gasteiger partial charge in [-0.2, -0.15) is 0 Å². The molecule has 2 atom stereocenters. The number of nitrogens with one attached hydrogen (secondary N) is 1. The van der Waals surface area contributed by atoms with Crippen LogP contribution < -0.4 is 5.32 Å². The third kappa shape index (κ3) is 3.27. The van der Waals surface area contributed by atoms with Gasteiger partial charge in [0.1, 0.15) is 11.6 Å². The Bertz CT molecular complexity index is 395. The van der Waals surface area contributed by atoms with Crippen LogP contribution in [0, 0.1) is 17.6 Å². The summed E-state index contributed by atoms with van der Waals surface area (Å²) in [5.74, 6) is -0.518. The molecule has 1 heterocycles. The highest BCUT2D eigenvalue weighted by Gasteiger charge is 2.26. The SMILES string of the molecule is CCNC1CCOCC1Cc1cc(F)ccc1F. The van der Waals surface area contributed by atoms with Gasteiger partial charge >= 0.3 is 0 Å². The number of benzene rings is 1. The molecular weight excluding hydrogens is 236 g/mol. The molecule has 0 bridgehead atoms. The summed E-state index contributed by atoms with van der Waals surface area (Å²) in [6.45, 7) is 4.27. The van der Waals surface area contributed by atoms with E-state index in [4.69, 9.17) is 4.74 Å². The van der Waals surface area contributed by atoms with Gasteiger partial charge in [0.05, 0.1) is 6.61 Å². The van der Waals surface area contributed by atoms with Gasteiger partial charge in [0.15, 0.2) is 0 Å². The van der Waals surface area contributed by atoms with Crippen LogP contribution in [0.15, 0.2) is 18.2 Å². The van der Waals surface area contributed by atoms with Gasteiger partial charge in [-0.15, -0.1) is 0 Å². The third-order valence-electron chi connectivity index (χ3n) is 3.43. The molecule has 18 heavy (non-hydrogen) atoms. The number of ether oxygens (including phenoxy) is 1. The van der Waals surface area contributed by atoms with Crippen LogP contribution in [-0.4, -0.2) is 25.8 Å². The Balaban J connectivity index is 2.08. The lowest BCUT2D eigenvalue weighted by Gasteiger charge is -2.32. The summed E-state index contributed by atoms with van der Waals surface area (Å²) in [6.07, 6.45) is 1.44. The fraction of sp³-hybridized carbons (Fsp3) is 0.571. The standard InChI is InChI=1S/C14H19F2NO/c1-2-17-14-5-6-18-9-11(14)7-10-8-12(15)3-4-13(10)16/h3-4,8,11,14,17H,2,5-7,9H2,1H3. The second-order valence-electron chi connectivity index (χ2n) is 4.73. The van der Waals surface area contributed by atoms with Gasteiger partial charge in [-0.1, -0.05) is 6.92 Å². The molecule has 0 aliphatic carbocycles. The van der Waals surface area contributed by atoms with Gasteiger partial charge in [0.25, 0.3) is 0 Å². The third-order valence-corrected chi connectivity index (χ3v) is 3.43. The minimum absolute atomic E-state index is 0.204. The van der Waals surface area contributed by atoms with Crippen molar-refractivity contribution in [1.82, 2.24) is 5.32 Å². The zero-order chi connectivity index (χ0) is 13.0. The Hall–Kier alpha value is -1.00. The number of hydrogen-bond acceptors (Lipinski definition) is 2. The van der Waals surface area contributed by atoms with Gasteiger partial charge in [-0.05, 0) is 43.1 Å². The molecule has 1 N–H and O–H groups in total. The Morgan fingerprint density at radius 1 is 1.39 bits per heavy atom. The highest BCUT2D eigenvalue weighted by molar-refractivity contribution is 5.19. The molecule has 100 valence electrons. The van der Waals surface area contributed by atoms with E-state index in [1.807, 2.05) is 0 Å². The molecular formula is C14H19F2NO. The molecule has 2 nitrogen and oxygen atoms in total. The van der Waals surface area contributed by atoms with E-state index in [-0.39, 0.29) is 17.6 Å². The predicted molar refractivity (Wildman–Crippen MR) is 66.5 cm³/mol. The van der Waals surface area contributed by atoms with Crippen LogP contribution in [0.25, 0.3) is 0 Å². The van der Waals surface area contributed by atoms with Crippen molar-refractivity contribution in [1.29, 1.82) is 0 Å². The number of rotatable bonds is 4. The van der Waals surface area contributed by atoms with Gasteiger partial charge in [-0.3, -0.25) is 0 Å². The molecule has 1 saturated heterocycles. The lowest BCUT2D eigenvalue weighted by atomic mass is 9.89. The van der Waals surface area contributed by atoms with E-state index in [2.05, 4.69) is 12.2 Å². The van der Waals surface area contributed by atoms with E-state index >= 15 is 0 Å². The van der Waals surface area contributed by atoms with Gasteiger partial charge in [0.2, 0.25) is 0 Å². The Labute approximate surface area is 106 Å². The van der Waals surface area contributed by atoms with Crippen LogP contribution in [-0.2, 0) is 11.2 Å². The average molecular weight is 255 g/mol. The predicted octanol–water partition coefficient (Wildman–Crippen LogP) is 2.52. The number of hydrogen-bond donors (Lipinski definition) is 1. The van der Waals surface area contributed by atoms with E-state index in [1.54, 1.807) is 0 Å². The summed E-state index contributed by atoms with van der Waals surface area (Å²) >= 11 is 0. The summed E-state index contributed by atoms with van der Waals surface area (Å²) in [7, 11) is 0. The van der Waals surface area contributed by atoms with Crippen LogP contribution in [0.2, 0.25) is 0 Å². The van der Waals surface area contributed by atoms with Crippen molar-refractivity contribution in [2.75, 3.05) is 19.8 Å². The summed E-state index contributed by atoms with van der Waals surface area (Å²) in [6, 6.07) is 3.95. The van der Waals surface area contributed by atoms with Gasteiger partial charge < -0.3 is 10.1 Å². The van der Waals surface area contributed by atoms with Crippen LogP contribution in [0.1, 0.15) is 18.9 Å². The van der Waals surface area contributed by atoms with Crippen molar-refractivity contribution in [3.05, 3.63) is 35.4 Å². The lowest BCUT2D eigenvalue weighted by molar-refractivity contribution is 0.0323. The Morgan fingerprint density at radius 3 is 3.00 bits per heavy atom. The van der Waals surface area contributed by atoms with Crippen LogP contribution >= 0.6 is 0 Å². The molecule has 1 aliphatic heterocycles. The van der Waals surface area contributed by atoms with Crippen molar-refractivity contribution in [3.63, 3.8) is 0 Å². The van der Waals surface area contributed by atoms with E-state index < -0.39 is 0 Å². The second-order valence-corrected chi connectivity index (χ2v) is 4.73. The monoisotopic (exact) mass is 255 g/mol. The van der Waals surface area contributed by atoms with Crippen LogP contribution in [0.5, 0.6) is 0 Å². The number of halogens is 2. The molecule has 0 spiro atoms. The van der Waals surface area contributed by atoms with Crippen molar-refractivity contribution < 1.29 is 13.5 Å². The largest absolute Gasteiger partial charge is 0.381 e. The van der Waals surface area contributed by atoms with Crippen molar-refractivity contribution >= 4 is 0 Å². The first kappa shape index (κ1) is 13.4. The summed E-state index contributed by atoms with van der Waals surface area (Å²) in [5, 5.41) is 3.39. The summed E-state index contributed by atoms with van der Waals surface area (Å²) in [4.78, 5) is 0. The Morgan fingerprint density at radius 2 is 2.22 bits per heavy atom. The van der Waals surface area contributed by atoms with Crippen molar-refractivity contribution in [2.24, 2.45) is 5.92 Å². The molecule has 0 amide bonds. The zero-order valence-corrected chi connectivity index (χ0v) is 10.6. The van der Waals surface area contributed by atoms with Crippen LogP contribution in [0.3, 0.4) is 0 Å². The second kappa shape index (κ2) is 6.25. The molecule has 1 fully saturated rings. The molecule has 2 unspecified atom stereocenters. The smallest absolute Gasteiger partial charge is 0.126 e. The highest BCUT2D eigenvalue weighted by atomic mass is 19.1. The average Bonchev–Trinajstić information content (AvgIpc) is 2.36. The maximum atomic E-state index is 13.6. The van der Waals surface area contributed by atoms with Gasteiger partial charge in [0, 0.05) is 18.6 Å². The van der Waals surface area contributed by atoms with Crippen molar-refractivity contribution in [2.45, 2.75) is 25.8 Å². The van der Waals surface area contributed by atoms with Crippen LogP contribution in [0.4, 0.5) is 8.78 Å². The minimum Gasteiger partial charge on any atom is -0.381 e. The molecule has 1 aliphatic rings. The quantitative estimate of drug-likeness (QED) is 0.892. The zero-order valence-electron chi connectivity index (χ0n) is 10.6. The molecule has 1 aromatic rings. The molecule has 0 radical (unpaired) electrons. The topological polar surface area (TPSA) is 21.3 Å². The van der Waals surface area contributed by atoms with Crippen molar-refractivity contribution in [3.8, 4) is 0 Å². The molecule has 2 rings (SSSR count).